The van der Waals surface area contributed by atoms with Crippen molar-refractivity contribution in [2.24, 2.45) is 4.40 Å². The number of halogens is 3. The number of rotatable bonds is 4. The zero-order chi connectivity index (χ0) is 17.1. The second-order valence-corrected chi connectivity index (χ2v) is 6.27. The van der Waals surface area contributed by atoms with Crippen molar-refractivity contribution >= 4 is 15.9 Å². The first kappa shape index (κ1) is 17.0. The molecule has 0 aliphatic rings. The number of alkyl halides is 3. The second kappa shape index (κ2) is 6.41. The highest BCUT2D eigenvalue weighted by Crippen LogP contribution is 2.25. The Balaban J connectivity index is 2.19. The Kier molecular flexibility index (Phi) is 4.74. The van der Waals surface area contributed by atoms with E-state index in [0.29, 0.717) is 6.42 Å². The Morgan fingerprint density at radius 3 is 2.00 bits per heavy atom. The van der Waals surface area contributed by atoms with Gasteiger partial charge in [-0.05, 0) is 23.1 Å². The summed E-state index contributed by atoms with van der Waals surface area (Å²) in [5, 5.41) is 11.5. The number of sulfonamides is 1. The van der Waals surface area contributed by atoms with Crippen molar-refractivity contribution in [3.8, 4) is 0 Å². The third-order valence-corrected chi connectivity index (χ3v) is 3.94. The zero-order valence-corrected chi connectivity index (χ0v) is 12.4. The van der Waals surface area contributed by atoms with Gasteiger partial charge in [-0.2, -0.15) is 26.0 Å². The van der Waals surface area contributed by atoms with Crippen LogP contribution in [0.3, 0.4) is 0 Å². The van der Waals surface area contributed by atoms with Gasteiger partial charge in [0, 0.05) is 5.90 Å². The van der Waals surface area contributed by atoms with Gasteiger partial charge in [0.2, 0.25) is 0 Å². The molecule has 23 heavy (non-hydrogen) atoms. The molecule has 0 amide bonds. The molecule has 0 saturated carbocycles. The van der Waals surface area contributed by atoms with E-state index in [9.17, 15) is 26.7 Å². The van der Waals surface area contributed by atoms with E-state index in [-0.39, 0.29) is 5.56 Å². The molecule has 0 unspecified atom stereocenters. The fourth-order valence-electron chi connectivity index (χ4n) is 1.81. The lowest BCUT2D eigenvalue weighted by Gasteiger charge is -2.12. The van der Waals surface area contributed by atoms with Crippen molar-refractivity contribution in [2.75, 3.05) is 0 Å². The number of nitrogens with zero attached hydrogens (tertiary/aromatic N) is 1. The van der Waals surface area contributed by atoms with Crippen LogP contribution in [-0.2, 0) is 16.4 Å². The average Bonchev–Trinajstić information content (AvgIpc) is 2.47. The lowest BCUT2D eigenvalue weighted by atomic mass is 10.0. The Bertz CT molecular complexity index is 798. The van der Waals surface area contributed by atoms with E-state index in [4.69, 9.17) is 0 Å². The molecule has 0 heterocycles. The van der Waals surface area contributed by atoms with Gasteiger partial charge < -0.3 is 5.11 Å². The normalized spacial score (nSPS) is 13.1. The molecule has 0 saturated heterocycles. The van der Waals surface area contributed by atoms with Crippen molar-refractivity contribution in [2.45, 2.75) is 11.9 Å². The fourth-order valence-corrected chi connectivity index (χ4v) is 2.24. The highest BCUT2D eigenvalue weighted by atomic mass is 32.2. The Hall–Kier alpha value is -2.35. The number of benzene rings is 2. The van der Waals surface area contributed by atoms with E-state index in [1.807, 2.05) is 30.3 Å². The van der Waals surface area contributed by atoms with E-state index in [2.05, 4.69) is 4.40 Å². The standard InChI is InChI=1S/C15H12F3NO3S/c16-15(17,18)23(21,22)19-14(20)13-8-6-12(7-9-13)10-11-4-2-1-3-5-11/h1-9H,10H2,(H,19,20)/p-1. The fraction of sp³-hybridized carbons (Fsp3) is 0.133. The maximum atomic E-state index is 12.2. The van der Waals surface area contributed by atoms with Crippen LogP contribution in [0.15, 0.2) is 59.0 Å². The lowest BCUT2D eigenvalue weighted by molar-refractivity contribution is -0.212. The highest BCUT2D eigenvalue weighted by Gasteiger charge is 2.45. The summed E-state index contributed by atoms with van der Waals surface area (Å²) >= 11 is 0. The van der Waals surface area contributed by atoms with Crippen LogP contribution in [0.5, 0.6) is 0 Å². The minimum Gasteiger partial charge on any atom is -0.858 e. The van der Waals surface area contributed by atoms with E-state index in [1.165, 1.54) is 24.3 Å². The molecule has 0 aliphatic heterocycles. The van der Waals surface area contributed by atoms with E-state index in [1.54, 1.807) is 0 Å². The van der Waals surface area contributed by atoms with Crippen molar-refractivity contribution in [1.29, 1.82) is 0 Å². The maximum Gasteiger partial charge on any atom is 0.518 e. The SMILES string of the molecule is O=S(=O)(/N=C(\[O-])c1ccc(Cc2ccccc2)cc1)C(F)(F)F. The molecule has 0 aromatic heterocycles. The molecule has 2 aromatic carbocycles. The summed E-state index contributed by atoms with van der Waals surface area (Å²) in [6.45, 7) is 0. The van der Waals surface area contributed by atoms with Gasteiger partial charge in [0.25, 0.3) is 0 Å². The lowest BCUT2D eigenvalue weighted by Crippen LogP contribution is -2.27. The van der Waals surface area contributed by atoms with Crippen LogP contribution in [0.4, 0.5) is 13.2 Å². The zero-order valence-electron chi connectivity index (χ0n) is 11.6. The van der Waals surface area contributed by atoms with Gasteiger partial charge in [-0.3, -0.25) is 0 Å². The second-order valence-electron chi connectivity index (χ2n) is 4.68. The van der Waals surface area contributed by atoms with E-state index >= 15 is 0 Å². The average molecular weight is 342 g/mol. The molecular weight excluding hydrogens is 331 g/mol. The summed E-state index contributed by atoms with van der Waals surface area (Å²) in [6, 6.07) is 15.0. The molecule has 2 aromatic rings. The third kappa shape index (κ3) is 4.32. The maximum absolute atomic E-state index is 12.2. The molecular formula is C15H11F3NO3S-. The van der Waals surface area contributed by atoms with Crippen molar-refractivity contribution in [1.82, 2.24) is 0 Å². The van der Waals surface area contributed by atoms with Gasteiger partial charge in [0.05, 0.1) is 0 Å². The molecule has 0 radical (unpaired) electrons. The summed E-state index contributed by atoms with van der Waals surface area (Å²) < 4.78 is 60.5. The van der Waals surface area contributed by atoms with Crippen molar-refractivity contribution in [3.05, 3.63) is 71.3 Å². The molecule has 4 nitrogen and oxygen atoms in total. The van der Waals surface area contributed by atoms with Crippen LogP contribution in [-0.4, -0.2) is 19.8 Å². The first-order valence-corrected chi connectivity index (χ1v) is 7.84. The summed E-state index contributed by atoms with van der Waals surface area (Å²) in [5.74, 6) is -1.45. The summed E-state index contributed by atoms with van der Waals surface area (Å²) in [7, 11) is -5.83. The van der Waals surface area contributed by atoms with Crippen LogP contribution < -0.4 is 5.11 Å². The monoisotopic (exact) mass is 342 g/mol. The van der Waals surface area contributed by atoms with Crippen LogP contribution >= 0.6 is 0 Å². The predicted octanol–water partition coefficient (Wildman–Crippen LogP) is 2.23. The Labute approximate surface area is 131 Å². The minimum absolute atomic E-state index is 0.227. The largest absolute Gasteiger partial charge is 0.858 e. The van der Waals surface area contributed by atoms with Gasteiger partial charge in [-0.15, -0.1) is 0 Å². The Morgan fingerprint density at radius 1 is 0.957 bits per heavy atom. The topological polar surface area (TPSA) is 69.6 Å². The first-order valence-electron chi connectivity index (χ1n) is 6.40. The third-order valence-electron chi connectivity index (χ3n) is 2.95. The quantitative estimate of drug-likeness (QED) is 0.632. The molecule has 0 N–H and O–H groups in total. The number of hydrogen-bond donors (Lipinski definition) is 0. The molecule has 2 rings (SSSR count). The first-order chi connectivity index (χ1) is 10.7. The van der Waals surface area contributed by atoms with Gasteiger partial charge in [-0.25, -0.2) is 0 Å². The van der Waals surface area contributed by atoms with Crippen molar-refractivity contribution in [3.63, 3.8) is 0 Å². The Morgan fingerprint density at radius 2 is 1.48 bits per heavy atom. The molecule has 8 heteroatoms. The summed E-state index contributed by atoms with van der Waals surface area (Å²) in [6.07, 6.45) is 0.577. The minimum atomic E-state index is -5.83. The van der Waals surface area contributed by atoms with Gasteiger partial charge >= 0.3 is 15.5 Å². The molecule has 122 valence electrons. The van der Waals surface area contributed by atoms with Crippen molar-refractivity contribution < 1.29 is 26.7 Å². The number of hydrogen-bond acceptors (Lipinski definition) is 3. The van der Waals surface area contributed by atoms with Crippen LogP contribution in [0, 0.1) is 0 Å². The van der Waals surface area contributed by atoms with Crippen LogP contribution in [0.1, 0.15) is 16.7 Å². The van der Waals surface area contributed by atoms with E-state index < -0.39 is 21.4 Å². The summed E-state index contributed by atoms with van der Waals surface area (Å²) in [4.78, 5) is 0. The van der Waals surface area contributed by atoms with Gasteiger partial charge in [0.1, 0.15) is 0 Å². The van der Waals surface area contributed by atoms with Gasteiger partial charge in [0.15, 0.2) is 0 Å². The molecule has 0 spiro atoms. The molecule has 0 fully saturated rings. The summed E-state index contributed by atoms with van der Waals surface area (Å²) in [5.41, 5.74) is -3.97. The predicted molar refractivity (Wildman–Crippen MR) is 77.2 cm³/mol. The highest BCUT2D eigenvalue weighted by molar-refractivity contribution is 7.91. The smallest absolute Gasteiger partial charge is 0.518 e. The van der Waals surface area contributed by atoms with Crippen LogP contribution in [0.2, 0.25) is 0 Å². The molecule has 0 aliphatic carbocycles. The van der Waals surface area contributed by atoms with E-state index in [0.717, 1.165) is 11.1 Å². The molecule has 0 bridgehead atoms. The van der Waals surface area contributed by atoms with Gasteiger partial charge in [-0.1, -0.05) is 54.6 Å². The van der Waals surface area contributed by atoms with Crippen LogP contribution in [0.25, 0.3) is 0 Å². The molecule has 0 atom stereocenters.